The van der Waals surface area contributed by atoms with Crippen molar-refractivity contribution in [2.45, 2.75) is 46.5 Å². The van der Waals surface area contributed by atoms with Crippen molar-refractivity contribution in [1.82, 2.24) is 0 Å². The summed E-state index contributed by atoms with van der Waals surface area (Å²) in [6.07, 6.45) is 3.18. The minimum atomic E-state index is 0.238. The molecule has 0 N–H and O–H groups in total. The largest absolute Gasteiger partial charge is 0.294 e. The van der Waals surface area contributed by atoms with Gasteiger partial charge in [0.05, 0.1) is 0 Å². The number of carbonyl (C=O) groups is 1. The number of benzene rings is 2. The maximum absolute atomic E-state index is 12.6. The van der Waals surface area contributed by atoms with Gasteiger partial charge in [-0.1, -0.05) is 59.2 Å². The molecule has 0 aliphatic heterocycles. The highest BCUT2D eigenvalue weighted by Gasteiger charge is 2.12. The Kier molecular flexibility index (Phi) is 5.92. The van der Waals surface area contributed by atoms with Gasteiger partial charge in [-0.05, 0) is 51.2 Å². The summed E-state index contributed by atoms with van der Waals surface area (Å²) < 4.78 is 0. The molecule has 0 bridgehead atoms. The van der Waals surface area contributed by atoms with E-state index in [9.17, 15) is 4.79 Å². The van der Waals surface area contributed by atoms with Crippen LogP contribution in [-0.4, -0.2) is 5.78 Å². The molecular formula is C22H26O. The highest BCUT2D eigenvalue weighted by Crippen LogP contribution is 2.18. The molecule has 2 rings (SSSR count). The van der Waals surface area contributed by atoms with E-state index in [4.69, 9.17) is 0 Å². The van der Waals surface area contributed by atoms with Crippen LogP contribution in [0.1, 0.15) is 52.4 Å². The number of ketones is 1. The first kappa shape index (κ1) is 17.2. The molecule has 0 amide bonds. The van der Waals surface area contributed by atoms with Gasteiger partial charge >= 0.3 is 0 Å². The first-order valence-corrected chi connectivity index (χ1v) is 8.28. The number of rotatable bonds is 7. The Bertz CT molecular complexity index is 692. The van der Waals surface area contributed by atoms with Gasteiger partial charge in [0.2, 0.25) is 0 Å². The van der Waals surface area contributed by atoms with Crippen LogP contribution in [0, 0.1) is 13.8 Å². The van der Waals surface area contributed by atoms with Crippen molar-refractivity contribution in [1.29, 1.82) is 0 Å². The predicted octanol–water partition coefficient (Wildman–Crippen LogP) is 5.63. The van der Waals surface area contributed by atoms with Crippen LogP contribution in [0.25, 0.3) is 0 Å². The molecule has 0 heterocycles. The van der Waals surface area contributed by atoms with Crippen LogP contribution in [0.3, 0.4) is 0 Å². The predicted molar refractivity (Wildman–Crippen MR) is 98.1 cm³/mol. The topological polar surface area (TPSA) is 17.1 Å². The Morgan fingerprint density at radius 1 is 0.913 bits per heavy atom. The van der Waals surface area contributed by atoms with Gasteiger partial charge < -0.3 is 0 Å². The molecule has 120 valence electrons. The van der Waals surface area contributed by atoms with Crippen LogP contribution >= 0.6 is 0 Å². The highest BCUT2D eigenvalue weighted by atomic mass is 16.1. The monoisotopic (exact) mass is 306 g/mol. The zero-order valence-electron chi connectivity index (χ0n) is 14.5. The summed E-state index contributed by atoms with van der Waals surface area (Å²) >= 11 is 0. The molecule has 23 heavy (non-hydrogen) atoms. The first-order valence-electron chi connectivity index (χ1n) is 8.28. The average Bonchev–Trinajstić information content (AvgIpc) is 2.52. The Labute approximate surface area is 140 Å². The number of Topliss-reactive ketones (excluding diaryl/α,β-unsaturated/α-hetero) is 1. The van der Waals surface area contributed by atoms with Crippen molar-refractivity contribution in [3.63, 3.8) is 0 Å². The number of allylic oxidation sites excluding steroid dienone is 1. The van der Waals surface area contributed by atoms with E-state index in [-0.39, 0.29) is 5.78 Å². The molecule has 0 spiro atoms. The van der Waals surface area contributed by atoms with Crippen molar-refractivity contribution < 1.29 is 4.79 Å². The molecule has 0 aromatic heterocycles. The summed E-state index contributed by atoms with van der Waals surface area (Å²) in [5, 5.41) is 0. The van der Waals surface area contributed by atoms with E-state index in [2.05, 4.69) is 50.8 Å². The van der Waals surface area contributed by atoms with Gasteiger partial charge in [-0.2, -0.15) is 0 Å². The SMILES string of the molecule is C=C(C)CCc1cc(C)ccc1C(=O)CCc1ccc(C)cc1. The molecule has 0 aliphatic carbocycles. The molecule has 0 radical (unpaired) electrons. The Hall–Kier alpha value is -2.15. The lowest BCUT2D eigenvalue weighted by Crippen LogP contribution is -2.06. The zero-order valence-corrected chi connectivity index (χ0v) is 14.5. The van der Waals surface area contributed by atoms with Crippen molar-refractivity contribution in [3.05, 3.63) is 82.4 Å². The Morgan fingerprint density at radius 3 is 2.22 bits per heavy atom. The first-order chi connectivity index (χ1) is 11.0. The second-order valence-corrected chi connectivity index (χ2v) is 6.53. The van der Waals surface area contributed by atoms with Gasteiger partial charge in [-0.25, -0.2) is 0 Å². The van der Waals surface area contributed by atoms with E-state index < -0.39 is 0 Å². The van der Waals surface area contributed by atoms with E-state index in [0.717, 1.165) is 36.0 Å². The van der Waals surface area contributed by atoms with Gasteiger partial charge in [0.1, 0.15) is 0 Å². The Balaban J connectivity index is 2.08. The normalized spacial score (nSPS) is 10.6. The van der Waals surface area contributed by atoms with Gasteiger partial charge in [-0.3, -0.25) is 4.79 Å². The third-order valence-corrected chi connectivity index (χ3v) is 4.14. The standard InChI is InChI=1S/C22H26O/c1-16(2)5-12-20-15-18(4)8-13-21(20)22(23)14-11-19-9-6-17(3)7-10-19/h6-10,13,15H,1,5,11-12,14H2,2-4H3. The third-order valence-electron chi connectivity index (χ3n) is 4.14. The molecule has 1 nitrogen and oxygen atoms in total. The van der Waals surface area contributed by atoms with Gasteiger partial charge in [0.15, 0.2) is 5.78 Å². The molecule has 2 aromatic rings. The number of hydrogen-bond acceptors (Lipinski definition) is 1. The maximum atomic E-state index is 12.6. The van der Waals surface area contributed by atoms with Crippen LogP contribution < -0.4 is 0 Å². The number of hydrogen-bond donors (Lipinski definition) is 0. The maximum Gasteiger partial charge on any atom is 0.163 e. The highest BCUT2D eigenvalue weighted by molar-refractivity contribution is 5.97. The summed E-state index contributed by atoms with van der Waals surface area (Å²) in [7, 11) is 0. The fourth-order valence-electron chi connectivity index (χ4n) is 2.70. The Morgan fingerprint density at radius 2 is 1.57 bits per heavy atom. The molecule has 1 heteroatoms. The number of aryl methyl sites for hydroxylation is 4. The van der Waals surface area contributed by atoms with E-state index in [1.54, 1.807) is 0 Å². The molecule has 0 aliphatic rings. The second-order valence-electron chi connectivity index (χ2n) is 6.53. The fourth-order valence-corrected chi connectivity index (χ4v) is 2.70. The van der Waals surface area contributed by atoms with Gasteiger partial charge in [0, 0.05) is 12.0 Å². The van der Waals surface area contributed by atoms with Gasteiger partial charge in [-0.15, -0.1) is 6.58 Å². The van der Waals surface area contributed by atoms with Crippen LogP contribution in [-0.2, 0) is 12.8 Å². The molecule has 0 atom stereocenters. The van der Waals surface area contributed by atoms with Crippen LogP contribution in [0.2, 0.25) is 0 Å². The summed E-state index contributed by atoms with van der Waals surface area (Å²) in [5.41, 5.74) is 6.87. The van der Waals surface area contributed by atoms with Crippen LogP contribution in [0.15, 0.2) is 54.6 Å². The molecule has 0 unspecified atom stereocenters. The third kappa shape index (κ3) is 5.21. The summed E-state index contributed by atoms with van der Waals surface area (Å²) in [6.45, 7) is 10.2. The summed E-state index contributed by atoms with van der Waals surface area (Å²) in [5.74, 6) is 0.238. The van der Waals surface area contributed by atoms with E-state index in [0.29, 0.717) is 6.42 Å². The van der Waals surface area contributed by atoms with Crippen molar-refractivity contribution in [2.75, 3.05) is 0 Å². The smallest absolute Gasteiger partial charge is 0.163 e. The van der Waals surface area contributed by atoms with Crippen molar-refractivity contribution in [2.24, 2.45) is 0 Å². The molecule has 0 saturated carbocycles. The van der Waals surface area contributed by atoms with Gasteiger partial charge in [0.25, 0.3) is 0 Å². The van der Waals surface area contributed by atoms with Crippen molar-refractivity contribution >= 4 is 5.78 Å². The number of carbonyl (C=O) groups excluding carboxylic acids is 1. The van der Waals surface area contributed by atoms with Crippen LogP contribution in [0.4, 0.5) is 0 Å². The quantitative estimate of drug-likeness (QED) is 0.479. The molecule has 0 fully saturated rings. The molecule has 0 saturated heterocycles. The lowest BCUT2D eigenvalue weighted by atomic mass is 9.93. The van der Waals surface area contributed by atoms with E-state index >= 15 is 0 Å². The van der Waals surface area contributed by atoms with Crippen molar-refractivity contribution in [3.8, 4) is 0 Å². The van der Waals surface area contributed by atoms with Crippen LogP contribution in [0.5, 0.6) is 0 Å². The molecular weight excluding hydrogens is 280 g/mol. The fraction of sp³-hybridized carbons (Fsp3) is 0.318. The minimum Gasteiger partial charge on any atom is -0.294 e. The van der Waals surface area contributed by atoms with E-state index in [1.807, 2.05) is 19.1 Å². The minimum absolute atomic E-state index is 0.238. The second kappa shape index (κ2) is 7.92. The molecule has 2 aromatic carbocycles. The summed E-state index contributed by atoms with van der Waals surface area (Å²) in [4.78, 5) is 12.6. The lowest BCUT2D eigenvalue weighted by molar-refractivity contribution is 0.0982. The average molecular weight is 306 g/mol. The zero-order chi connectivity index (χ0) is 16.8. The van der Waals surface area contributed by atoms with E-state index in [1.165, 1.54) is 16.7 Å². The lowest BCUT2D eigenvalue weighted by Gasteiger charge is -2.10. The summed E-state index contributed by atoms with van der Waals surface area (Å²) in [6, 6.07) is 14.6.